The van der Waals surface area contributed by atoms with Crippen LogP contribution in [0, 0.1) is 6.92 Å². The lowest BCUT2D eigenvalue weighted by atomic mass is 9.98. The maximum Gasteiger partial charge on any atom is -0.00258 e. The quantitative estimate of drug-likeness (QED) is 0.355. The van der Waals surface area contributed by atoms with Crippen LogP contribution in [-0.2, 0) is 19.3 Å². The Labute approximate surface area is 168 Å². The van der Waals surface area contributed by atoms with Gasteiger partial charge in [-0.05, 0) is 59.6 Å². The van der Waals surface area contributed by atoms with Crippen LogP contribution in [-0.4, -0.2) is 0 Å². The van der Waals surface area contributed by atoms with Gasteiger partial charge in [-0.1, -0.05) is 109 Å². The van der Waals surface area contributed by atoms with Crippen molar-refractivity contribution in [1.29, 1.82) is 0 Å². The van der Waals surface area contributed by atoms with Crippen LogP contribution in [0.2, 0.25) is 0 Å². The first-order chi connectivity index (χ1) is 13.7. The molecule has 0 heterocycles. The Hall–Kier alpha value is -3.12. The van der Waals surface area contributed by atoms with Crippen molar-refractivity contribution in [3.63, 3.8) is 0 Å². The fraction of sp³-hybridized carbons (Fsp3) is 0.143. The zero-order valence-corrected chi connectivity index (χ0v) is 16.4. The molecule has 138 valence electrons. The normalized spacial score (nSPS) is 10.8. The molecular weight excluding hydrogens is 336 g/mol. The highest BCUT2D eigenvalue weighted by atomic mass is 14.1. The van der Waals surface area contributed by atoms with Crippen LogP contribution in [0.5, 0.6) is 0 Å². The second-order valence-corrected chi connectivity index (χ2v) is 7.63. The molecule has 4 rings (SSSR count). The summed E-state index contributed by atoms with van der Waals surface area (Å²) < 4.78 is 0. The first kappa shape index (κ1) is 18.3. The minimum atomic E-state index is 0.983. The predicted molar refractivity (Wildman–Crippen MR) is 119 cm³/mol. The first-order valence-corrected chi connectivity index (χ1v) is 10.00. The third-order valence-corrected chi connectivity index (χ3v) is 5.23. The number of benzene rings is 4. The average molecular weight is 363 g/mol. The van der Waals surface area contributed by atoms with E-state index in [0.717, 1.165) is 19.3 Å². The molecule has 0 aliphatic rings. The Kier molecular flexibility index (Phi) is 5.68. The third-order valence-electron chi connectivity index (χ3n) is 5.23. The minimum absolute atomic E-state index is 0.983. The Morgan fingerprint density at radius 3 is 1.00 bits per heavy atom. The number of aryl methyl sites for hydroxylation is 1. The summed E-state index contributed by atoms with van der Waals surface area (Å²) in [5.41, 5.74) is 9.50. The van der Waals surface area contributed by atoms with Crippen LogP contribution in [0.25, 0.3) is 0 Å². The molecule has 0 unspecified atom stereocenters. The van der Waals surface area contributed by atoms with E-state index in [2.05, 4.69) is 110 Å². The summed E-state index contributed by atoms with van der Waals surface area (Å²) >= 11 is 0. The summed E-state index contributed by atoms with van der Waals surface area (Å²) in [5.74, 6) is 0. The molecule has 0 radical (unpaired) electrons. The van der Waals surface area contributed by atoms with Gasteiger partial charge in [0.1, 0.15) is 0 Å². The molecule has 0 amide bonds. The fourth-order valence-corrected chi connectivity index (χ4v) is 3.56. The molecule has 0 fully saturated rings. The van der Waals surface area contributed by atoms with E-state index >= 15 is 0 Å². The molecule has 0 bridgehead atoms. The monoisotopic (exact) mass is 362 g/mol. The van der Waals surface area contributed by atoms with Crippen LogP contribution >= 0.6 is 0 Å². The molecule has 4 aromatic rings. The molecule has 4 aromatic carbocycles. The molecule has 0 aliphatic carbocycles. The van der Waals surface area contributed by atoms with Crippen molar-refractivity contribution in [2.24, 2.45) is 0 Å². The van der Waals surface area contributed by atoms with E-state index in [1.807, 2.05) is 0 Å². The first-order valence-electron chi connectivity index (χ1n) is 10.00. The highest BCUT2D eigenvalue weighted by molar-refractivity contribution is 5.34. The number of hydrogen-bond donors (Lipinski definition) is 0. The van der Waals surface area contributed by atoms with Crippen molar-refractivity contribution in [3.8, 4) is 0 Å². The molecular formula is C28H26. The van der Waals surface area contributed by atoms with Gasteiger partial charge in [-0.2, -0.15) is 0 Å². The van der Waals surface area contributed by atoms with E-state index in [0.29, 0.717) is 0 Å². The van der Waals surface area contributed by atoms with Crippen LogP contribution in [0.3, 0.4) is 0 Å². The van der Waals surface area contributed by atoms with Crippen molar-refractivity contribution in [2.75, 3.05) is 0 Å². The number of rotatable bonds is 6. The highest BCUT2D eigenvalue weighted by Crippen LogP contribution is 2.16. The van der Waals surface area contributed by atoms with Gasteiger partial charge in [-0.15, -0.1) is 0 Å². The van der Waals surface area contributed by atoms with Gasteiger partial charge in [-0.3, -0.25) is 0 Å². The van der Waals surface area contributed by atoms with E-state index in [-0.39, 0.29) is 0 Å². The van der Waals surface area contributed by atoms with Crippen molar-refractivity contribution >= 4 is 0 Å². The molecule has 0 saturated heterocycles. The van der Waals surface area contributed by atoms with Crippen molar-refractivity contribution in [3.05, 3.63) is 142 Å². The molecule has 0 spiro atoms. The number of hydrogen-bond acceptors (Lipinski definition) is 0. The topological polar surface area (TPSA) is 0 Å². The second-order valence-electron chi connectivity index (χ2n) is 7.63. The minimum Gasteiger partial charge on any atom is -0.0622 e. The molecule has 0 atom stereocenters. The standard InChI is InChI=1S/C28H26/c1-22-7-9-24(10-8-22)20-26-15-17-28(18-16-26)21-27-13-11-25(12-14-27)19-23-5-3-2-4-6-23/h2-18H,19-21H2,1H3. The lowest BCUT2D eigenvalue weighted by molar-refractivity contribution is 1.13. The van der Waals surface area contributed by atoms with Crippen LogP contribution in [0.4, 0.5) is 0 Å². The van der Waals surface area contributed by atoms with Crippen molar-refractivity contribution in [2.45, 2.75) is 26.2 Å². The van der Waals surface area contributed by atoms with Crippen LogP contribution in [0.1, 0.15) is 38.9 Å². The van der Waals surface area contributed by atoms with Gasteiger partial charge in [0.2, 0.25) is 0 Å². The van der Waals surface area contributed by atoms with Gasteiger partial charge in [0.05, 0.1) is 0 Å². The van der Waals surface area contributed by atoms with Gasteiger partial charge in [0, 0.05) is 0 Å². The van der Waals surface area contributed by atoms with E-state index in [1.54, 1.807) is 0 Å². The molecule has 0 heteroatoms. The molecule has 0 nitrogen and oxygen atoms in total. The summed E-state index contributed by atoms with van der Waals surface area (Å²) in [6.07, 6.45) is 2.97. The molecule has 0 aliphatic heterocycles. The van der Waals surface area contributed by atoms with Crippen molar-refractivity contribution in [1.82, 2.24) is 0 Å². The van der Waals surface area contributed by atoms with Gasteiger partial charge in [0.15, 0.2) is 0 Å². The Morgan fingerprint density at radius 1 is 0.357 bits per heavy atom. The summed E-state index contributed by atoms with van der Waals surface area (Å²) in [7, 11) is 0. The van der Waals surface area contributed by atoms with E-state index in [1.165, 1.54) is 38.9 Å². The van der Waals surface area contributed by atoms with E-state index in [4.69, 9.17) is 0 Å². The lowest BCUT2D eigenvalue weighted by Gasteiger charge is -2.07. The molecule has 0 N–H and O–H groups in total. The Balaban J connectivity index is 1.36. The predicted octanol–water partition coefficient (Wildman–Crippen LogP) is 6.77. The summed E-state index contributed by atoms with van der Waals surface area (Å²) in [6.45, 7) is 2.13. The van der Waals surface area contributed by atoms with Crippen LogP contribution in [0.15, 0.2) is 103 Å². The zero-order chi connectivity index (χ0) is 19.2. The fourth-order valence-electron chi connectivity index (χ4n) is 3.56. The second kappa shape index (κ2) is 8.71. The van der Waals surface area contributed by atoms with E-state index < -0.39 is 0 Å². The maximum absolute atomic E-state index is 2.27. The highest BCUT2D eigenvalue weighted by Gasteiger charge is 2.01. The van der Waals surface area contributed by atoms with Gasteiger partial charge >= 0.3 is 0 Å². The maximum atomic E-state index is 2.27. The van der Waals surface area contributed by atoms with E-state index in [9.17, 15) is 0 Å². The lowest BCUT2D eigenvalue weighted by Crippen LogP contribution is -1.93. The SMILES string of the molecule is Cc1ccc(Cc2ccc(Cc3ccc(Cc4ccccc4)cc3)cc2)cc1. The summed E-state index contributed by atoms with van der Waals surface area (Å²) in [6, 6.07) is 37.6. The molecule has 28 heavy (non-hydrogen) atoms. The largest absolute Gasteiger partial charge is 0.0622 e. The summed E-state index contributed by atoms with van der Waals surface area (Å²) in [5, 5.41) is 0. The molecule has 0 saturated carbocycles. The smallest absolute Gasteiger partial charge is 0.00258 e. The molecule has 0 aromatic heterocycles. The van der Waals surface area contributed by atoms with Crippen LogP contribution < -0.4 is 0 Å². The van der Waals surface area contributed by atoms with Gasteiger partial charge in [0.25, 0.3) is 0 Å². The summed E-state index contributed by atoms with van der Waals surface area (Å²) in [4.78, 5) is 0. The van der Waals surface area contributed by atoms with Gasteiger partial charge < -0.3 is 0 Å². The average Bonchev–Trinajstić information content (AvgIpc) is 2.73. The Morgan fingerprint density at radius 2 is 0.643 bits per heavy atom. The van der Waals surface area contributed by atoms with Gasteiger partial charge in [-0.25, -0.2) is 0 Å². The third kappa shape index (κ3) is 4.98. The Bertz CT molecular complexity index is 992. The zero-order valence-electron chi connectivity index (χ0n) is 16.4. The van der Waals surface area contributed by atoms with Crippen molar-refractivity contribution < 1.29 is 0 Å².